The Bertz CT molecular complexity index is 1100. The summed E-state index contributed by atoms with van der Waals surface area (Å²) in [6.45, 7) is 2.15. The van der Waals surface area contributed by atoms with E-state index in [9.17, 15) is 13.2 Å². The minimum atomic E-state index is -4.69. The number of alkyl halides is 3. The van der Waals surface area contributed by atoms with Gasteiger partial charge in [-0.05, 0) is 59.5 Å². The maximum atomic E-state index is 12.3. The number of hydrogen-bond acceptors (Lipinski definition) is 4. The van der Waals surface area contributed by atoms with Crippen molar-refractivity contribution in [3.8, 4) is 17.2 Å². The Morgan fingerprint density at radius 3 is 2.22 bits per heavy atom. The first-order chi connectivity index (χ1) is 15.2. The van der Waals surface area contributed by atoms with E-state index in [0.717, 1.165) is 36.2 Å². The summed E-state index contributed by atoms with van der Waals surface area (Å²) in [5.41, 5.74) is 9.43. The maximum absolute atomic E-state index is 12.3. The highest BCUT2D eigenvalue weighted by molar-refractivity contribution is 6.37. The molecule has 0 unspecified atom stereocenters. The number of rotatable bonds is 5. The number of hydrogen-bond donors (Lipinski definition) is 1. The van der Waals surface area contributed by atoms with Crippen molar-refractivity contribution in [2.75, 3.05) is 12.3 Å². The first-order valence-corrected chi connectivity index (χ1v) is 10.5. The summed E-state index contributed by atoms with van der Waals surface area (Å²) in [6, 6.07) is 14.9. The summed E-state index contributed by atoms with van der Waals surface area (Å²) in [4.78, 5) is 2.23. The van der Waals surface area contributed by atoms with E-state index in [-0.39, 0.29) is 5.75 Å². The van der Waals surface area contributed by atoms with Crippen LogP contribution in [0.25, 0.3) is 0 Å². The molecule has 0 bridgehead atoms. The fourth-order valence-corrected chi connectivity index (χ4v) is 4.22. The van der Waals surface area contributed by atoms with E-state index in [1.165, 1.54) is 12.1 Å². The van der Waals surface area contributed by atoms with Crippen LogP contribution in [-0.4, -0.2) is 17.8 Å². The standard InChI is InChI=1S/C23H19Cl2F3N2O2/c24-20-10-17(29)11-21(25)22(20)31-19-6-3-16-13-30(8-7-15(16)9-19)12-14-1-4-18(5-2-14)32-23(26,27)28/h1-6,9-11H,7-8,12-13,29H2. The van der Waals surface area contributed by atoms with Crippen molar-refractivity contribution in [3.05, 3.63) is 81.3 Å². The molecule has 0 spiro atoms. The zero-order valence-corrected chi connectivity index (χ0v) is 18.3. The summed E-state index contributed by atoms with van der Waals surface area (Å²) in [7, 11) is 0. The van der Waals surface area contributed by atoms with E-state index in [2.05, 4.69) is 9.64 Å². The second-order valence-electron chi connectivity index (χ2n) is 7.50. The predicted octanol–water partition coefficient (Wildman–Crippen LogP) is 6.82. The average Bonchev–Trinajstić information content (AvgIpc) is 2.71. The number of fused-ring (bicyclic) bond motifs is 1. The minimum Gasteiger partial charge on any atom is -0.454 e. The Hall–Kier alpha value is -2.61. The third-order valence-corrected chi connectivity index (χ3v) is 5.63. The van der Waals surface area contributed by atoms with Crippen LogP contribution < -0.4 is 15.2 Å². The number of ether oxygens (including phenoxy) is 2. The highest BCUT2D eigenvalue weighted by Gasteiger charge is 2.31. The Morgan fingerprint density at radius 1 is 0.906 bits per heavy atom. The van der Waals surface area contributed by atoms with E-state index in [0.29, 0.717) is 33.8 Å². The van der Waals surface area contributed by atoms with Gasteiger partial charge in [-0.3, -0.25) is 4.90 Å². The van der Waals surface area contributed by atoms with Crippen LogP contribution in [0.5, 0.6) is 17.2 Å². The van der Waals surface area contributed by atoms with Crippen LogP contribution >= 0.6 is 23.2 Å². The second kappa shape index (κ2) is 9.10. The van der Waals surface area contributed by atoms with Crippen LogP contribution in [0.4, 0.5) is 18.9 Å². The Labute approximate surface area is 193 Å². The summed E-state index contributed by atoms with van der Waals surface area (Å²) < 4.78 is 46.7. The zero-order valence-electron chi connectivity index (χ0n) is 16.8. The molecule has 4 rings (SSSR count). The molecule has 0 atom stereocenters. The molecule has 0 amide bonds. The average molecular weight is 483 g/mol. The number of benzene rings is 3. The van der Waals surface area contributed by atoms with Gasteiger partial charge in [-0.2, -0.15) is 0 Å². The quantitative estimate of drug-likeness (QED) is 0.405. The van der Waals surface area contributed by atoms with Gasteiger partial charge in [0.15, 0.2) is 5.75 Å². The SMILES string of the molecule is Nc1cc(Cl)c(Oc2ccc3c(c2)CCN(Cc2ccc(OC(F)(F)F)cc2)C3)c(Cl)c1. The van der Waals surface area contributed by atoms with E-state index in [4.69, 9.17) is 33.7 Å². The molecule has 3 aromatic carbocycles. The minimum absolute atomic E-state index is 0.223. The molecule has 0 saturated carbocycles. The van der Waals surface area contributed by atoms with Gasteiger partial charge in [0.25, 0.3) is 0 Å². The summed E-state index contributed by atoms with van der Waals surface area (Å²) in [5, 5.41) is 0.677. The van der Waals surface area contributed by atoms with Crippen LogP contribution in [-0.2, 0) is 19.5 Å². The highest BCUT2D eigenvalue weighted by Crippen LogP contribution is 2.39. The fraction of sp³-hybridized carbons (Fsp3) is 0.217. The van der Waals surface area contributed by atoms with Gasteiger partial charge in [-0.25, -0.2) is 0 Å². The Kier molecular flexibility index (Phi) is 6.42. The van der Waals surface area contributed by atoms with Crippen LogP contribution in [0, 0.1) is 0 Å². The molecule has 0 radical (unpaired) electrons. The van der Waals surface area contributed by atoms with Gasteiger partial charge < -0.3 is 15.2 Å². The molecule has 0 fully saturated rings. The van der Waals surface area contributed by atoms with E-state index >= 15 is 0 Å². The molecule has 3 aromatic rings. The van der Waals surface area contributed by atoms with Crippen molar-refractivity contribution in [2.24, 2.45) is 0 Å². The molecule has 0 saturated heterocycles. The van der Waals surface area contributed by atoms with Crippen molar-refractivity contribution < 1.29 is 22.6 Å². The molecule has 0 aliphatic carbocycles. The molecule has 1 aliphatic heterocycles. The van der Waals surface area contributed by atoms with Gasteiger partial charge in [0.05, 0.1) is 10.0 Å². The van der Waals surface area contributed by atoms with Gasteiger partial charge in [0.1, 0.15) is 11.5 Å². The lowest BCUT2D eigenvalue weighted by Crippen LogP contribution is -2.30. The summed E-state index contributed by atoms with van der Waals surface area (Å²) >= 11 is 12.4. The molecule has 4 nitrogen and oxygen atoms in total. The first-order valence-electron chi connectivity index (χ1n) is 9.77. The van der Waals surface area contributed by atoms with Crippen molar-refractivity contribution in [3.63, 3.8) is 0 Å². The zero-order chi connectivity index (χ0) is 22.9. The van der Waals surface area contributed by atoms with Crippen LogP contribution in [0.15, 0.2) is 54.6 Å². The van der Waals surface area contributed by atoms with Crippen molar-refractivity contribution >= 4 is 28.9 Å². The van der Waals surface area contributed by atoms with Gasteiger partial charge in [0.2, 0.25) is 0 Å². The number of anilines is 1. The van der Waals surface area contributed by atoms with Crippen molar-refractivity contribution in [1.29, 1.82) is 0 Å². The number of nitrogens with zero attached hydrogens (tertiary/aromatic N) is 1. The van der Waals surface area contributed by atoms with E-state index in [1.807, 2.05) is 18.2 Å². The Morgan fingerprint density at radius 2 is 1.56 bits per heavy atom. The van der Waals surface area contributed by atoms with Gasteiger partial charge >= 0.3 is 6.36 Å². The molecule has 0 aromatic heterocycles. The van der Waals surface area contributed by atoms with Crippen molar-refractivity contribution in [2.45, 2.75) is 25.9 Å². The summed E-state index contributed by atoms with van der Waals surface area (Å²) in [6.07, 6.45) is -3.88. The first kappa shape index (κ1) is 22.6. The predicted molar refractivity (Wildman–Crippen MR) is 118 cm³/mol. The molecule has 9 heteroatoms. The van der Waals surface area contributed by atoms with Crippen LogP contribution in [0.1, 0.15) is 16.7 Å². The third-order valence-electron chi connectivity index (χ3n) is 5.07. The topological polar surface area (TPSA) is 47.7 Å². The van der Waals surface area contributed by atoms with Gasteiger partial charge in [-0.15, -0.1) is 13.2 Å². The van der Waals surface area contributed by atoms with Gasteiger partial charge in [-0.1, -0.05) is 41.4 Å². The van der Waals surface area contributed by atoms with E-state index in [1.54, 1.807) is 24.3 Å². The molecule has 1 heterocycles. The van der Waals surface area contributed by atoms with Gasteiger partial charge in [0, 0.05) is 25.3 Å². The molecule has 32 heavy (non-hydrogen) atoms. The third kappa shape index (κ3) is 5.59. The maximum Gasteiger partial charge on any atom is 0.573 e. The number of nitrogen functional groups attached to an aromatic ring is 1. The number of halogens is 5. The van der Waals surface area contributed by atoms with Crippen molar-refractivity contribution in [1.82, 2.24) is 4.90 Å². The van der Waals surface area contributed by atoms with Crippen LogP contribution in [0.2, 0.25) is 10.0 Å². The lowest BCUT2D eigenvalue weighted by atomic mass is 9.99. The lowest BCUT2D eigenvalue weighted by Gasteiger charge is -2.29. The van der Waals surface area contributed by atoms with Crippen LogP contribution in [0.3, 0.4) is 0 Å². The molecular formula is C23H19Cl2F3N2O2. The molecule has 168 valence electrons. The lowest BCUT2D eigenvalue weighted by molar-refractivity contribution is -0.274. The number of nitrogens with two attached hydrogens (primary N) is 1. The molecular weight excluding hydrogens is 464 g/mol. The largest absolute Gasteiger partial charge is 0.573 e. The second-order valence-corrected chi connectivity index (χ2v) is 8.31. The molecule has 2 N–H and O–H groups in total. The highest BCUT2D eigenvalue weighted by atomic mass is 35.5. The van der Waals surface area contributed by atoms with E-state index < -0.39 is 6.36 Å². The molecule has 1 aliphatic rings. The monoisotopic (exact) mass is 482 g/mol. The smallest absolute Gasteiger partial charge is 0.454 e. The Balaban J connectivity index is 1.41. The fourth-order valence-electron chi connectivity index (χ4n) is 3.64. The summed E-state index contributed by atoms with van der Waals surface area (Å²) in [5.74, 6) is 0.767. The normalized spacial score (nSPS) is 14.2.